The van der Waals surface area contributed by atoms with Crippen molar-refractivity contribution in [2.24, 2.45) is 0 Å². The van der Waals surface area contributed by atoms with E-state index in [0.717, 1.165) is 17.7 Å². The number of aryl methyl sites for hydroxylation is 1. The van der Waals surface area contributed by atoms with E-state index in [0.29, 0.717) is 17.1 Å². The molecule has 0 unspecified atom stereocenters. The number of hydrogen-bond donors (Lipinski definition) is 2. The summed E-state index contributed by atoms with van der Waals surface area (Å²) in [4.78, 5) is 12.7. The number of fused-ring (bicyclic) bond motifs is 3. The Morgan fingerprint density at radius 2 is 1.81 bits per heavy atom. The zero-order valence-electron chi connectivity index (χ0n) is 16.9. The predicted molar refractivity (Wildman–Crippen MR) is 125 cm³/mol. The molecule has 0 bridgehead atoms. The van der Waals surface area contributed by atoms with E-state index in [9.17, 15) is 4.79 Å². The molecule has 0 spiro atoms. The maximum absolute atomic E-state index is 12.7. The standard InChI is InChI=1S/C23H20N6O2.CH4/c1-2-29-20-6-4-3-5-18(20)19-12-9-16(13-21(19)29)24-23(30)15-7-10-17(11-8-15)31-14-22-25-27-28-26-22;/h3-13H,2,14H2,1H3,(H,24,30)(H,25,26,27,28);1H4. The highest BCUT2D eigenvalue weighted by Gasteiger charge is 2.12. The van der Waals surface area contributed by atoms with Gasteiger partial charge in [-0.15, -0.1) is 10.2 Å². The van der Waals surface area contributed by atoms with Gasteiger partial charge in [0, 0.05) is 34.1 Å². The molecule has 0 aliphatic heterocycles. The average Bonchev–Trinajstić information content (AvgIpc) is 3.43. The van der Waals surface area contributed by atoms with Crippen molar-refractivity contribution in [2.45, 2.75) is 27.5 Å². The van der Waals surface area contributed by atoms with Gasteiger partial charge in [0.25, 0.3) is 5.91 Å². The molecule has 3 aromatic carbocycles. The fourth-order valence-corrected chi connectivity index (χ4v) is 3.77. The molecule has 162 valence electrons. The molecule has 2 N–H and O–H groups in total. The third-order valence-corrected chi connectivity index (χ3v) is 5.22. The second kappa shape index (κ2) is 8.89. The number of anilines is 1. The summed E-state index contributed by atoms with van der Waals surface area (Å²) in [6.45, 7) is 3.18. The highest BCUT2D eigenvalue weighted by atomic mass is 16.5. The molecule has 5 aromatic rings. The molecule has 2 aromatic heterocycles. The smallest absolute Gasteiger partial charge is 0.255 e. The first-order chi connectivity index (χ1) is 15.2. The quantitative estimate of drug-likeness (QED) is 0.405. The number of nitrogens with zero attached hydrogens (tertiary/aromatic N) is 4. The summed E-state index contributed by atoms with van der Waals surface area (Å²) in [5.41, 5.74) is 3.60. The number of tetrazole rings is 1. The Morgan fingerprint density at radius 3 is 2.56 bits per heavy atom. The Hall–Kier alpha value is -4.20. The lowest BCUT2D eigenvalue weighted by atomic mass is 10.1. The molecule has 0 atom stereocenters. The first kappa shape index (κ1) is 21.0. The zero-order chi connectivity index (χ0) is 21.2. The van der Waals surface area contributed by atoms with Crippen LogP contribution in [0.25, 0.3) is 21.8 Å². The summed E-state index contributed by atoms with van der Waals surface area (Å²) in [7, 11) is 0. The van der Waals surface area contributed by atoms with Crippen molar-refractivity contribution in [2.75, 3.05) is 5.32 Å². The van der Waals surface area contributed by atoms with Gasteiger partial charge in [-0.05, 0) is 49.4 Å². The van der Waals surface area contributed by atoms with E-state index < -0.39 is 0 Å². The number of amides is 1. The lowest BCUT2D eigenvalue weighted by Gasteiger charge is -2.08. The normalized spacial score (nSPS) is 10.8. The van der Waals surface area contributed by atoms with Crippen LogP contribution in [0.4, 0.5) is 5.69 Å². The molecule has 0 aliphatic rings. The van der Waals surface area contributed by atoms with E-state index in [1.165, 1.54) is 16.3 Å². The Labute approximate surface area is 185 Å². The van der Waals surface area contributed by atoms with Gasteiger partial charge in [0.15, 0.2) is 6.61 Å². The molecule has 8 nitrogen and oxygen atoms in total. The van der Waals surface area contributed by atoms with Crippen LogP contribution in [0.5, 0.6) is 5.75 Å². The number of H-pyrrole nitrogens is 1. The van der Waals surface area contributed by atoms with Crippen LogP contribution in [-0.2, 0) is 13.2 Å². The summed E-state index contributed by atoms with van der Waals surface area (Å²) in [5, 5.41) is 18.9. The zero-order valence-corrected chi connectivity index (χ0v) is 16.9. The molecule has 0 aliphatic carbocycles. The molecule has 0 saturated heterocycles. The van der Waals surface area contributed by atoms with Crippen LogP contribution in [0.2, 0.25) is 0 Å². The highest BCUT2D eigenvalue weighted by Crippen LogP contribution is 2.31. The fourth-order valence-electron chi connectivity index (χ4n) is 3.77. The summed E-state index contributed by atoms with van der Waals surface area (Å²) >= 11 is 0. The van der Waals surface area contributed by atoms with E-state index in [4.69, 9.17) is 4.74 Å². The monoisotopic (exact) mass is 428 g/mol. The third-order valence-electron chi connectivity index (χ3n) is 5.22. The van der Waals surface area contributed by atoms with Crippen molar-refractivity contribution < 1.29 is 9.53 Å². The topological polar surface area (TPSA) is 97.7 Å². The number of carbonyl (C=O) groups is 1. The first-order valence-corrected chi connectivity index (χ1v) is 10.0. The summed E-state index contributed by atoms with van der Waals surface area (Å²) in [6, 6.07) is 21.3. The number of ether oxygens (including phenoxy) is 1. The maximum atomic E-state index is 12.7. The molecule has 5 rings (SSSR count). The van der Waals surface area contributed by atoms with Crippen molar-refractivity contribution in [1.82, 2.24) is 25.2 Å². The summed E-state index contributed by atoms with van der Waals surface area (Å²) < 4.78 is 7.85. The van der Waals surface area contributed by atoms with Gasteiger partial charge in [-0.25, -0.2) is 0 Å². The molecular weight excluding hydrogens is 404 g/mol. The van der Waals surface area contributed by atoms with Gasteiger partial charge in [-0.3, -0.25) is 4.79 Å². The second-order valence-corrected chi connectivity index (χ2v) is 7.09. The molecule has 1 amide bonds. The van der Waals surface area contributed by atoms with Crippen molar-refractivity contribution >= 4 is 33.4 Å². The first-order valence-electron chi connectivity index (χ1n) is 10.0. The Bertz CT molecular complexity index is 1360. The van der Waals surface area contributed by atoms with Gasteiger partial charge in [-0.2, -0.15) is 5.21 Å². The van der Waals surface area contributed by atoms with Gasteiger partial charge in [0.2, 0.25) is 5.82 Å². The highest BCUT2D eigenvalue weighted by molar-refractivity contribution is 6.10. The van der Waals surface area contributed by atoms with Crippen molar-refractivity contribution in [3.63, 3.8) is 0 Å². The van der Waals surface area contributed by atoms with Gasteiger partial charge in [0.05, 0.1) is 5.52 Å². The van der Waals surface area contributed by atoms with Crippen LogP contribution < -0.4 is 10.1 Å². The fraction of sp³-hybridized carbons (Fsp3) is 0.167. The lowest BCUT2D eigenvalue weighted by molar-refractivity contribution is 0.102. The maximum Gasteiger partial charge on any atom is 0.255 e. The average molecular weight is 428 g/mol. The van der Waals surface area contributed by atoms with E-state index in [2.05, 4.69) is 55.6 Å². The van der Waals surface area contributed by atoms with Crippen LogP contribution in [0.15, 0.2) is 66.7 Å². The summed E-state index contributed by atoms with van der Waals surface area (Å²) in [5.74, 6) is 0.903. The predicted octanol–water partition coefficient (Wildman–Crippen LogP) is 4.79. The SMILES string of the molecule is C.CCn1c2ccccc2c2ccc(NC(=O)c3ccc(OCc4nn[nH]n4)cc3)cc21. The number of carbonyl (C=O) groups excluding carboxylic acids is 1. The largest absolute Gasteiger partial charge is 0.485 e. The third kappa shape index (κ3) is 3.90. The minimum Gasteiger partial charge on any atom is -0.485 e. The van der Waals surface area contributed by atoms with E-state index in [-0.39, 0.29) is 19.9 Å². The molecule has 0 saturated carbocycles. The Kier molecular flexibility index (Phi) is 5.85. The van der Waals surface area contributed by atoms with Crippen molar-refractivity contribution in [3.05, 3.63) is 78.1 Å². The van der Waals surface area contributed by atoms with Crippen LogP contribution in [0, 0.1) is 0 Å². The number of nitrogens with one attached hydrogen (secondary N) is 2. The van der Waals surface area contributed by atoms with E-state index >= 15 is 0 Å². The van der Waals surface area contributed by atoms with Gasteiger partial charge < -0.3 is 14.6 Å². The van der Waals surface area contributed by atoms with Crippen LogP contribution >= 0.6 is 0 Å². The minimum atomic E-state index is -0.178. The lowest BCUT2D eigenvalue weighted by Crippen LogP contribution is -2.11. The molecule has 0 radical (unpaired) electrons. The second-order valence-electron chi connectivity index (χ2n) is 7.09. The summed E-state index contributed by atoms with van der Waals surface area (Å²) in [6.07, 6.45) is 0. The molecular formula is C24H24N6O2. The van der Waals surface area contributed by atoms with Crippen LogP contribution in [0.1, 0.15) is 30.5 Å². The molecule has 2 heterocycles. The van der Waals surface area contributed by atoms with Gasteiger partial charge in [0.1, 0.15) is 5.75 Å². The Balaban J connectivity index is 0.00000245. The number of rotatable bonds is 6. The number of benzene rings is 3. The number of para-hydroxylation sites is 1. The van der Waals surface area contributed by atoms with Crippen LogP contribution in [-0.4, -0.2) is 31.1 Å². The van der Waals surface area contributed by atoms with Crippen LogP contribution in [0.3, 0.4) is 0 Å². The molecule has 0 fully saturated rings. The van der Waals surface area contributed by atoms with E-state index in [1.54, 1.807) is 24.3 Å². The van der Waals surface area contributed by atoms with E-state index in [1.807, 2.05) is 24.3 Å². The van der Waals surface area contributed by atoms with Gasteiger partial charge >= 0.3 is 0 Å². The number of aromatic amines is 1. The number of hydrogen-bond acceptors (Lipinski definition) is 5. The number of aromatic nitrogens is 5. The van der Waals surface area contributed by atoms with Gasteiger partial charge in [-0.1, -0.05) is 36.9 Å². The Morgan fingerprint density at radius 1 is 1.03 bits per heavy atom. The van der Waals surface area contributed by atoms with Crippen molar-refractivity contribution in [1.29, 1.82) is 0 Å². The molecule has 32 heavy (non-hydrogen) atoms. The van der Waals surface area contributed by atoms with Crippen molar-refractivity contribution in [3.8, 4) is 5.75 Å². The minimum absolute atomic E-state index is 0. The molecule has 8 heteroatoms.